The molecule has 0 aromatic heterocycles. The van der Waals surface area contributed by atoms with Crippen molar-refractivity contribution in [3.8, 4) is 0 Å². The number of hydrogen-bond acceptors (Lipinski definition) is 2. The number of fused-ring (bicyclic) bond motifs is 2. The largest absolute Gasteiger partial charge is 0.353 e. The number of anilines is 2. The lowest BCUT2D eigenvalue weighted by molar-refractivity contribution is 1.23. The molecule has 2 aromatic carbocycles. The van der Waals surface area contributed by atoms with E-state index in [1.54, 1.807) is 0 Å². The van der Waals surface area contributed by atoms with E-state index in [-0.39, 0.29) is 0 Å². The van der Waals surface area contributed by atoms with Crippen LogP contribution in [-0.2, 0) is 0 Å². The Labute approximate surface area is 99.9 Å². The van der Waals surface area contributed by atoms with Crippen LogP contribution in [0.4, 0.5) is 11.4 Å². The Morgan fingerprint density at radius 2 is 1.75 bits per heavy atom. The molecule has 0 amide bonds. The van der Waals surface area contributed by atoms with E-state index in [1.165, 1.54) is 32.3 Å². The van der Waals surface area contributed by atoms with Gasteiger partial charge in [-0.1, -0.05) is 30.0 Å². The maximum atomic E-state index is 3.53. The Morgan fingerprint density at radius 1 is 0.938 bits per heavy atom. The highest BCUT2D eigenvalue weighted by Crippen LogP contribution is 2.45. The molecule has 2 aromatic rings. The van der Waals surface area contributed by atoms with Crippen LogP contribution in [0.5, 0.6) is 0 Å². The SMILES string of the molecule is Cc1ccc2c(c1C)Nc1ccccc1S2. The molecule has 1 nitrogen and oxygen atoms in total. The molecule has 0 saturated carbocycles. The normalized spacial score (nSPS) is 12.6. The van der Waals surface area contributed by atoms with Crippen LogP contribution >= 0.6 is 11.8 Å². The molecule has 1 aliphatic heterocycles. The van der Waals surface area contributed by atoms with Gasteiger partial charge in [0.25, 0.3) is 0 Å². The highest BCUT2D eigenvalue weighted by molar-refractivity contribution is 7.99. The van der Waals surface area contributed by atoms with Crippen molar-refractivity contribution in [3.63, 3.8) is 0 Å². The van der Waals surface area contributed by atoms with Crippen molar-refractivity contribution in [1.82, 2.24) is 0 Å². The van der Waals surface area contributed by atoms with Crippen LogP contribution in [0.1, 0.15) is 11.1 Å². The summed E-state index contributed by atoms with van der Waals surface area (Å²) >= 11 is 1.84. The summed E-state index contributed by atoms with van der Waals surface area (Å²) in [5.41, 5.74) is 5.17. The van der Waals surface area contributed by atoms with Crippen molar-refractivity contribution in [2.75, 3.05) is 5.32 Å². The van der Waals surface area contributed by atoms with Gasteiger partial charge in [-0.25, -0.2) is 0 Å². The molecule has 0 spiro atoms. The van der Waals surface area contributed by atoms with Crippen LogP contribution < -0.4 is 5.32 Å². The first kappa shape index (κ1) is 9.79. The quantitative estimate of drug-likeness (QED) is 0.606. The molecule has 0 unspecified atom stereocenters. The van der Waals surface area contributed by atoms with Crippen LogP contribution in [-0.4, -0.2) is 0 Å². The summed E-state index contributed by atoms with van der Waals surface area (Å²) in [5.74, 6) is 0. The second kappa shape index (κ2) is 3.56. The smallest absolute Gasteiger partial charge is 0.0558 e. The summed E-state index contributed by atoms with van der Waals surface area (Å²) in [6.45, 7) is 4.33. The second-order valence-corrected chi connectivity index (χ2v) is 5.19. The van der Waals surface area contributed by atoms with Crippen LogP contribution in [0.3, 0.4) is 0 Å². The first-order valence-corrected chi connectivity index (χ1v) is 6.21. The number of aryl methyl sites for hydroxylation is 1. The minimum absolute atomic E-state index is 1.22. The Balaban J connectivity index is 2.16. The minimum Gasteiger partial charge on any atom is -0.353 e. The number of rotatable bonds is 0. The number of benzene rings is 2. The van der Waals surface area contributed by atoms with Gasteiger partial charge in [0.1, 0.15) is 0 Å². The highest BCUT2D eigenvalue weighted by atomic mass is 32.2. The van der Waals surface area contributed by atoms with Gasteiger partial charge in [0, 0.05) is 9.79 Å². The summed E-state index contributed by atoms with van der Waals surface area (Å²) in [4.78, 5) is 2.63. The number of para-hydroxylation sites is 1. The zero-order chi connectivity index (χ0) is 11.1. The molecule has 3 rings (SSSR count). The van der Waals surface area contributed by atoms with Gasteiger partial charge in [0.2, 0.25) is 0 Å². The number of hydrogen-bond donors (Lipinski definition) is 1. The van der Waals surface area contributed by atoms with E-state index in [1.807, 2.05) is 11.8 Å². The molecule has 1 N–H and O–H groups in total. The Bertz CT molecular complexity index is 561. The predicted molar refractivity (Wildman–Crippen MR) is 69.8 cm³/mol. The molecule has 0 aliphatic carbocycles. The lowest BCUT2D eigenvalue weighted by Crippen LogP contribution is -2.02. The third-order valence-corrected chi connectivity index (χ3v) is 4.20. The van der Waals surface area contributed by atoms with E-state index in [0.717, 1.165) is 0 Å². The molecule has 0 atom stereocenters. The lowest BCUT2D eigenvalue weighted by Gasteiger charge is -2.23. The molecular weight excluding hydrogens is 214 g/mol. The van der Waals surface area contributed by atoms with Gasteiger partial charge in [-0.2, -0.15) is 0 Å². The fourth-order valence-electron chi connectivity index (χ4n) is 1.94. The molecule has 2 heteroatoms. The van der Waals surface area contributed by atoms with Crippen LogP contribution in [0.25, 0.3) is 0 Å². The predicted octanol–water partition coefficient (Wildman–Crippen LogP) is 4.51. The Morgan fingerprint density at radius 3 is 2.62 bits per heavy atom. The molecule has 0 radical (unpaired) electrons. The molecule has 0 fully saturated rings. The van der Waals surface area contributed by atoms with Gasteiger partial charge < -0.3 is 5.32 Å². The monoisotopic (exact) mass is 227 g/mol. The van der Waals surface area contributed by atoms with E-state index >= 15 is 0 Å². The fraction of sp³-hybridized carbons (Fsp3) is 0.143. The maximum Gasteiger partial charge on any atom is 0.0558 e. The van der Waals surface area contributed by atoms with Gasteiger partial charge in [0.05, 0.1) is 11.4 Å². The Hall–Kier alpha value is -1.41. The van der Waals surface area contributed by atoms with Crippen molar-refractivity contribution in [3.05, 3.63) is 47.5 Å². The van der Waals surface area contributed by atoms with Crippen LogP contribution in [0.15, 0.2) is 46.2 Å². The fourth-order valence-corrected chi connectivity index (χ4v) is 3.00. The van der Waals surface area contributed by atoms with E-state index in [9.17, 15) is 0 Å². The number of nitrogens with one attached hydrogen (secondary N) is 1. The second-order valence-electron chi connectivity index (χ2n) is 4.10. The van der Waals surface area contributed by atoms with Gasteiger partial charge >= 0.3 is 0 Å². The molecule has 80 valence electrons. The summed E-state index contributed by atoms with van der Waals surface area (Å²) < 4.78 is 0. The van der Waals surface area contributed by atoms with Gasteiger partial charge in [0.15, 0.2) is 0 Å². The van der Waals surface area contributed by atoms with Gasteiger partial charge in [-0.05, 0) is 43.2 Å². The molecule has 1 aliphatic rings. The lowest BCUT2D eigenvalue weighted by atomic mass is 10.1. The third-order valence-electron chi connectivity index (χ3n) is 3.06. The van der Waals surface area contributed by atoms with Crippen LogP contribution in [0.2, 0.25) is 0 Å². The van der Waals surface area contributed by atoms with E-state index < -0.39 is 0 Å². The average molecular weight is 227 g/mol. The molecule has 0 bridgehead atoms. The zero-order valence-electron chi connectivity index (χ0n) is 9.37. The first-order valence-electron chi connectivity index (χ1n) is 5.40. The molecule has 0 saturated heterocycles. The van der Waals surface area contributed by atoms with Crippen molar-refractivity contribution < 1.29 is 0 Å². The average Bonchev–Trinajstić information content (AvgIpc) is 2.32. The first-order chi connectivity index (χ1) is 7.75. The topological polar surface area (TPSA) is 12.0 Å². The van der Waals surface area contributed by atoms with Crippen molar-refractivity contribution in [2.24, 2.45) is 0 Å². The van der Waals surface area contributed by atoms with E-state index in [0.29, 0.717) is 0 Å². The third kappa shape index (κ3) is 1.41. The van der Waals surface area contributed by atoms with Gasteiger partial charge in [-0.15, -0.1) is 0 Å². The molecule has 16 heavy (non-hydrogen) atoms. The summed E-state index contributed by atoms with van der Waals surface area (Å²) in [6, 6.07) is 12.8. The summed E-state index contributed by atoms with van der Waals surface area (Å²) in [6.07, 6.45) is 0. The minimum atomic E-state index is 1.22. The maximum absolute atomic E-state index is 3.53. The summed E-state index contributed by atoms with van der Waals surface area (Å²) in [5, 5.41) is 3.53. The Kier molecular flexibility index (Phi) is 2.18. The highest BCUT2D eigenvalue weighted by Gasteiger charge is 2.17. The van der Waals surface area contributed by atoms with Crippen molar-refractivity contribution in [1.29, 1.82) is 0 Å². The van der Waals surface area contributed by atoms with E-state index in [2.05, 4.69) is 55.6 Å². The van der Waals surface area contributed by atoms with Crippen molar-refractivity contribution >= 4 is 23.1 Å². The van der Waals surface area contributed by atoms with Crippen LogP contribution in [0, 0.1) is 13.8 Å². The standard InChI is InChI=1S/C14H13NS/c1-9-7-8-13-14(10(9)2)15-11-5-3-4-6-12(11)16-13/h3-8,15H,1-2H3. The molecular formula is C14H13NS. The summed E-state index contributed by atoms with van der Waals surface area (Å²) in [7, 11) is 0. The van der Waals surface area contributed by atoms with E-state index in [4.69, 9.17) is 0 Å². The molecule has 1 heterocycles. The van der Waals surface area contributed by atoms with Crippen molar-refractivity contribution in [2.45, 2.75) is 23.6 Å². The zero-order valence-corrected chi connectivity index (χ0v) is 10.2. The van der Waals surface area contributed by atoms with Gasteiger partial charge in [-0.3, -0.25) is 0 Å².